The molecule has 0 saturated heterocycles. The second kappa shape index (κ2) is 8.50. The van der Waals surface area contributed by atoms with Gasteiger partial charge < -0.3 is 16.4 Å². The molecule has 0 aliphatic carbocycles. The van der Waals surface area contributed by atoms with Crippen LogP contribution in [0.5, 0.6) is 0 Å². The van der Waals surface area contributed by atoms with Crippen molar-refractivity contribution in [2.75, 3.05) is 11.9 Å². The van der Waals surface area contributed by atoms with E-state index in [1.807, 2.05) is 18.2 Å². The summed E-state index contributed by atoms with van der Waals surface area (Å²) in [5, 5.41) is 5.49. The van der Waals surface area contributed by atoms with Crippen LogP contribution in [-0.4, -0.2) is 18.4 Å². The van der Waals surface area contributed by atoms with Crippen molar-refractivity contribution < 1.29 is 9.59 Å². The molecule has 4 N–H and O–H groups in total. The first-order valence-corrected chi connectivity index (χ1v) is 5.87. The molecule has 0 bridgehead atoms. The number of nitrogens with two attached hydrogens (primary N) is 1. The third-order valence-corrected chi connectivity index (χ3v) is 2.52. The minimum Gasteiger partial charge on any atom is -0.352 e. The monoisotopic (exact) mass is 285 g/mol. The Kier molecular flexibility index (Phi) is 7.79. The molecule has 1 atom stereocenters. The Bertz CT molecular complexity index is 438. The highest BCUT2D eigenvalue weighted by Crippen LogP contribution is 2.10. The molecule has 0 heterocycles. The smallest absolute Gasteiger partial charge is 0.224 e. The molecular formula is C13H20ClN3O2. The third kappa shape index (κ3) is 6.22. The summed E-state index contributed by atoms with van der Waals surface area (Å²) >= 11 is 0. The topological polar surface area (TPSA) is 84.2 Å². The fourth-order valence-electron chi connectivity index (χ4n) is 1.43. The second-order valence-corrected chi connectivity index (χ2v) is 4.24. The zero-order valence-corrected chi connectivity index (χ0v) is 11.9. The molecule has 1 rings (SSSR count). The minimum absolute atomic E-state index is 0. The SMILES string of the molecule is CC(=O)Nc1cccc(CNC(=O)C(C)CN)c1.Cl. The Morgan fingerprint density at radius 2 is 2.05 bits per heavy atom. The zero-order valence-electron chi connectivity index (χ0n) is 11.1. The zero-order chi connectivity index (χ0) is 13.5. The van der Waals surface area contributed by atoms with E-state index in [1.165, 1.54) is 6.92 Å². The van der Waals surface area contributed by atoms with Gasteiger partial charge in [-0.05, 0) is 17.7 Å². The van der Waals surface area contributed by atoms with E-state index in [-0.39, 0.29) is 30.1 Å². The van der Waals surface area contributed by atoms with Crippen LogP contribution in [0.25, 0.3) is 0 Å². The van der Waals surface area contributed by atoms with Gasteiger partial charge in [-0.1, -0.05) is 19.1 Å². The van der Waals surface area contributed by atoms with Crippen molar-refractivity contribution in [1.29, 1.82) is 0 Å². The molecule has 1 aromatic rings. The lowest BCUT2D eigenvalue weighted by Gasteiger charge is -2.10. The summed E-state index contributed by atoms with van der Waals surface area (Å²) in [6, 6.07) is 7.35. The van der Waals surface area contributed by atoms with E-state index in [4.69, 9.17) is 5.73 Å². The van der Waals surface area contributed by atoms with Crippen LogP contribution >= 0.6 is 12.4 Å². The van der Waals surface area contributed by atoms with Gasteiger partial charge in [0.25, 0.3) is 0 Å². The van der Waals surface area contributed by atoms with E-state index in [9.17, 15) is 9.59 Å². The maximum Gasteiger partial charge on any atom is 0.224 e. The van der Waals surface area contributed by atoms with Crippen molar-refractivity contribution in [2.45, 2.75) is 20.4 Å². The van der Waals surface area contributed by atoms with E-state index in [2.05, 4.69) is 10.6 Å². The van der Waals surface area contributed by atoms with Gasteiger partial charge in [0.1, 0.15) is 0 Å². The standard InChI is InChI=1S/C13H19N3O2.ClH/c1-9(7-14)13(18)15-8-11-4-3-5-12(6-11)16-10(2)17;/h3-6,9H,7-8,14H2,1-2H3,(H,15,18)(H,16,17);1H. The number of halogens is 1. The van der Waals surface area contributed by atoms with Crippen molar-refractivity contribution in [3.8, 4) is 0 Å². The van der Waals surface area contributed by atoms with Crippen molar-refractivity contribution in [1.82, 2.24) is 5.32 Å². The normalized spacial score (nSPS) is 11.1. The number of hydrogen-bond acceptors (Lipinski definition) is 3. The van der Waals surface area contributed by atoms with Crippen molar-refractivity contribution in [2.24, 2.45) is 11.7 Å². The van der Waals surface area contributed by atoms with Crippen LogP contribution in [0.2, 0.25) is 0 Å². The first-order chi connectivity index (χ1) is 8.52. The molecule has 2 amide bonds. The predicted molar refractivity (Wildman–Crippen MR) is 78.1 cm³/mol. The maximum atomic E-state index is 11.5. The molecule has 106 valence electrons. The summed E-state index contributed by atoms with van der Waals surface area (Å²) in [5.41, 5.74) is 7.07. The van der Waals surface area contributed by atoms with Gasteiger partial charge in [0.05, 0.1) is 0 Å². The van der Waals surface area contributed by atoms with Gasteiger partial charge in [-0.3, -0.25) is 9.59 Å². The highest BCUT2D eigenvalue weighted by molar-refractivity contribution is 5.88. The summed E-state index contributed by atoms with van der Waals surface area (Å²) in [5.74, 6) is -0.376. The van der Waals surface area contributed by atoms with Crippen molar-refractivity contribution in [3.05, 3.63) is 29.8 Å². The van der Waals surface area contributed by atoms with Crippen LogP contribution < -0.4 is 16.4 Å². The number of nitrogens with one attached hydrogen (secondary N) is 2. The Labute approximate surface area is 119 Å². The molecule has 0 spiro atoms. The molecule has 0 radical (unpaired) electrons. The average molecular weight is 286 g/mol. The lowest BCUT2D eigenvalue weighted by molar-refractivity contribution is -0.124. The Morgan fingerprint density at radius 3 is 2.63 bits per heavy atom. The van der Waals surface area contributed by atoms with Gasteiger partial charge in [-0.2, -0.15) is 0 Å². The number of hydrogen-bond donors (Lipinski definition) is 3. The number of benzene rings is 1. The van der Waals surface area contributed by atoms with Crippen molar-refractivity contribution >= 4 is 29.9 Å². The van der Waals surface area contributed by atoms with Gasteiger partial charge in [-0.15, -0.1) is 12.4 Å². The van der Waals surface area contributed by atoms with E-state index in [1.54, 1.807) is 13.0 Å². The third-order valence-electron chi connectivity index (χ3n) is 2.52. The highest BCUT2D eigenvalue weighted by Gasteiger charge is 2.09. The lowest BCUT2D eigenvalue weighted by atomic mass is 10.1. The first-order valence-electron chi connectivity index (χ1n) is 5.87. The fraction of sp³-hybridized carbons (Fsp3) is 0.385. The highest BCUT2D eigenvalue weighted by atomic mass is 35.5. The van der Waals surface area contributed by atoms with E-state index < -0.39 is 0 Å². The van der Waals surface area contributed by atoms with Gasteiger partial charge in [0.2, 0.25) is 11.8 Å². The summed E-state index contributed by atoms with van der Waals surface area (Å²) < 4.78 is 0. The van der Waals surface area contributed by atoms with Crippen LogP contribution in [-0.2, 0) is 16.1 Å². The van der Waals surface area contributed by atoms with Crippen LogP contribution in [0, 0.1) is 5.92 Å². The molecule has 0 saturated carbocycles. The Balaban J connectivity index is 0.00000324. The largest absolute Gasteiger partial charge is 0.352 e. The minimum atomic E-state index is -0.191. The van der Waals surface area contributed by atoms with Crippen LogP contribution in [0.4, 0.5) is 5.69 Å². The second-order valence-electron chi connectivity index (χ2n) is 4.24. The number of amides is 2. The Hall–Kier alpha value is -1.59. The quantitative estimate of drug-likeness (QED) is 0.762. The fourth-order valence-corrected chi connectivity index (χ4v) is 1.43. The first kappa shape index (κ1) is 17.4. The molecular weight excluding hydrogens is 266 g/mol. The van der Waals surface area contributed by atoms with E-state index in [0.717, 1.165) is 11.3 Å². The van der Waals surface area contributed by atoms with Gasteiger partial charge in [0, 0.05) is 31.6 Å². The summed E-state index contributed by atoms with van der Waals surface area (Å²) in [6.45, 7) is 3.99. The molecule has 5 nitrogen and oxygen atoms in total. The van der Waals surface area contributed by atoms with Gasteiger partial charge in [0.15, 0.2) is 0 Å². The summed E-state index contributed by atoms with van der Waals surface area (Å²) in [7, 11) is 0. The number of carbonyl (C=O) groups excluding carboxylic acids is 2. The van der Waals surface area contributed by atoms with Crippen LogP contribution in [0.3, 0.4) is 0 Å². The van der Waals surface area contributed by atoms with E-state index >= 15 is 0 Å². The molecule has 0 aromatic heterocycles. The van der Waals surface area contributed by atoms with Crippen LogP contribution in [0.1, 0.15) is 19.4 Å². The lowest BCUT2D eigenvalue weighted by Crippen LogP contribution is -2.32. The molecule has 0 aliphatic heterocycles. The number of carbonyl (C=O) groups is 2. The molecule has 6 heteroatoms. The molecule has 1 unspecified atom stereocenters. The van der Waals surface area contributed by atoms with Crippen LogP contribution in [0.15, 0.2) is 24.3 Å². The van der Waals surface area contributed by atoms with E-state index in [0.29, 0.717) is 13.1 Å². The average Bonchev–Trinajstić information content (AvgIpc) is 2.34. The molecule has 0 fully saturated rings. The predicted octanol–water partition coefficient (Wildman–Crippen LogP) is 1.28. The molecule has 1 aromatic carbocycles. The van der Waals surface area contributed by atoms with Gasteiger partial charge >= 0.3 is 0 Å². The summed E-state index contributed by atoms with van der Waals surface area (Å²) in [4.78, 5) is 22.5. The number of anilines is 1. The Morgan fingerprint density at radius 1 is 1.37 bits per heavy atom. The van der Waals surface area contributed by atoms with Crippen molar-refractivity contribution in [3.63, 3.8) is 0 Å². The molecule has 19 heavy (non-hydrogen) atoms. The molecule has 0 aliphatic rings. The maximum absolute atomic E-state index is 11.5. The summed E-state index contributed by atoms with van der Waals surface area (Å²) in [6.07, 6.45) is 0. The number of rotatable bonds is 5. The van der Waals surface area contributed by atoms with Gasteiger partial charge in [-0.25, -0.2) is 0 Å².